The van der Waals surface area contributed by atoms with Crippen molar-refractivity contribution in [3.8, 4) is 0 Å². The lowest BCUT2D eigenvalue weighted by Crippen LogP contribution is -2.69. The second kappa shape index (κ2) is 8.42. The monoisotopic (exact) mass is 439 g/mol. The number of aliphatic imine (C=N–C) groups is 1. The molecule has 1 spiro atoms. The number of nitrogens with zero attached hydrogens (tertiary/aromatic N) is 1. The number of hydrogen-bond acceptors (Lipinski definition) is 3. The van der Waals surface area contributed by atoms with E-state index in [0.717, 1.165) is 31.4 Å². The molecule has 2 aliphatic carbocycles. The van der Waals surface area contributed by atoms with Gasteiger partial charge in [0.1, 0.15) is 0 Å². The van der Waals surface area contributed by atoms with E-state index >= 15 is 0 Å². The van der Waals surface area contributed by atoms with E-state index in [9.17, 15) is 0 Å². The van der Waals surface area contributed by atoms with Crippen LogP contribution in [0.2, 0.25) is 0 Å². The summed E-state index contributed by atoms with van der Waals surface area (Å²) in [4.78, 5) is 4.73. The van der Waals surface area contributed by atoms with Crippen LogP contribution in [-0.4, -0.2) is 49.8 Å². The average Bonchev–Trinajstić information content (AvgIpc) is 3.13. The number of thioether (sulfide) groups is 1. The van der Waals surface area contributed by atoms with Gasteiger partial charge in [0.25, 0.3) is 0 Å². The average molecular weight is 439 g/mol. The summed E-state index contributed by atoms with van der Waals surface area (Å²) in [6.45, 7) is 4.91. The number of fused-ring (bicyclic) bond motifs is 2. The SMILES string of the molecule is CCNC(=NCCSC)NC1C2CCOC2C12CCCC2.I. The smallest absolute Gasteiger partial charge is 0.191 e. The van der Waals surface area contributed by atoms with Gasteiger partial charge in [0.15, 0.2) is 5.96 Å². The zero-order valence-corrected chi connectivity index (χ0v) is 16.9. The van der Waals surface area contributed by atoms with E-state index in [1.807, 2.05) is 11.8 Å². The van der Waals surface area contributed by atoms with Crippen LogP contribution < -0.4 is 10.6 Å². The zero-order valence-electron chi connectivity index (χ0n) is 13.8. The normalized spacial score (nSPS) is 32.3. The van der Waals surface area contributed by atoms with E-state index in [2.05, 4.69) is 23.8 Å². The van der Waals surface area contributed by atoms with E-state index in [1.165, 1.54) is 32.1 Å². The molecule has 0 aromatic heterocycles. The van der Waals surface area contributed by atoms with E-state index in [-0.39, 0.29) is 24.0 Å². The van der Waals surface area contributed by atoms with Crippen molar-refractivity contribution >= 4 is 41.7 Å². The minimum absolute atomic E-state index is 0. The number of hydrogen-bond donors (Lipinski definition) is 2. The molecule has 3 unspecified atom stereocenters. The molecule has 3 atom stereocenters. The summed E-state index contributed by atoms with van der Waals surface area (Å²) in [5.41, 5.74) is 0.400. The Labute approximate surface area is 156 Å². The standard InChI is InChI=1S/C16H29N3OS.HI/c1-3-17-15(18-9-11-21-2)19-13-12-6-10-20-14(12)16(13)7-4-5-8-16;/h12-14H,3-11H2,1-2H3,(H2,17,18,19);1H. The lowest BCUT2D eigenvalue weighted by Gasteiger charge is -2.57. The molecule has 2 saturated carbocycles. The van der Waals surface area contributed by atoms with Crippen molar-refractivity contribution in [2.75, 3.05) is 31.7 Å². The number of guanidine groups is 1. The Balaban J connectivity index is 0.00000176. The maximum absolute atomic E-state index is 6.06. The molecule has 0 aromatic rings. The van der Waals surface area contributed by atoms with Gasteiger partial charge in [-0.2, -0.15) is 11.8 Å². The second-order valence-electron chi connectivity index (χ2n) is 6.56. The molecule has 6 heteroatoms. The van der Waals surface area contributed by atoms with Crippen LogP contribution in [0.25, 0.3) is 0 Å². The molecule has 4 nitrogen and oxygen atoms in total. The summed E-state index contributed by atoms with van der Waals surface area (Å²) >= 11 is 1.85. The van der Waals surface area contributed by atoms with Gasteiger partial charge in [-0.3, -0.25) is 4.99 Å². The third-order valence-corrected chi connectivity index (χ3v) is 6.08. The predicted molar refractivity (Wildman–Crippen MR) is 105 cm³/mol. The van der Waals surface area contributed by atoms with Crippen LogP contribution in [0.4, 0.5) is 0 Å². The van der Waals surface area contributed by atoms with Gasteiger partial charge in [0.2, 0.25) is 0 Å². The highest BCUT2D eigenvalue weighted by molar-refractivity contribution is 14.0. The highest BCUT2D eigenvalue weighted by Gasteiger charge is 2.65. The van der Waals surface area contributed by atoms with Gasteiger partial charge in [-0.15, -0.1) is 24.0 Å². The fourth-order valence-electron chi connectivity index (χ4n) is 4.62. The van der Waals surface area contributed by atoms with E-state index in [1.54, 1.807) is 0 Å². The topological polar surface area (TPSA) is 45.7 Å². The van der Waals surface area contributed by atoms with Gasteiger partial charge in [-0.05, 0) is 32.4 Å². The van der Waals surface area contributed by atoms with Gasteiger partial charge >= 0.3 is 0 Å². The molecule has 22 heavy (non-hydrogen) atoms. The number of halogens is 1. The van der Waals surface area contributed by atoms with E-state index < -0.39 is 0 Å². The third-order valence-electron chi connectivity index (χ3n) is 5.49. The lowest BCUT2D eigenvalue weighted by molar-refractivity contribution is -0.125. The Hall–Kier alpha value is 0.310. The molecule has 1 aliphatic heterocycles. The van der Waals surface area contributed by atoms with Crippen LogP contribution in [0.15, 0.2) is 4.99 Å². The van der Waals surface area contributed by atoms with Crippen LogP contribution in [0.1, 0.15) is 39.0 Å². The highest BCUT2D eigenvalue weighted by atomic mass is 127. The molecular weight excluding hydrogens is 409 g/mol. The quantitative estimate of drug-likeness (QED) is 0.299. The highest BCUT2D eigenvalue weighted by Crippen LogP contribution is 2.60. The van der Waals surface area contributed by atoms with Crippen molar-refractivity contribution in [3.63, 3.8) is 0 Å². The van der Waals surface area contributed by atoms with Crippen LogP contribution in [0, 0.1) is 11.3 Å². The minimum atomic E-state index is 0. The molecule has 2 N–H and O–H groups in total. The van der Waals surface area contributed by atoms with Crippen LogP contribution >= 0.6 is 35.7 Å². The summed E-state index contributed by atoms with van der Waals surface area (Å²) in [6, 6.07) is 0.569. The molecule has 0 aromatic carbocycles. The van der Waals surface area contributed by atoms with Crippen molar-refractivity contribution in [3.05, 3.63) is 0 Å². The third kappa shape index (κ3) is 3.38. The van der Waals surface area contributed by atoms with Crippen molar-refractivity contribution < 1.29 is 4.74 Å². The van der Waals surface area contributed by atoms with Gasteiger partial charge in [-0.1, -0.05) is 12.8 Å². The Kier molecular flexibility index (Phi) is 7.14. The molecule has 0 amide bonds. The molecular formula is C16H30IN3OS. The summed E-state index contributed by atoms with van der Waals surface area (Å²) in [7, 11) is 0. The molecule has 3 aliphatic rings. The summed E-state index contributed by atoms with van der Waals surface area (Å²) in [5, 5.41) is 7.18. The van der Waals surface area contributed by atoms with Crippen molar-refractivity contribution in [1.82, 2.24) is 10.6 Å². The van der Waals surface area contributed by atoms with Gasteiger partial charge in [0.05, 0.1) is 12.6 Å². The summed E-state index contributed by atoms with van der Waals surface area (Å²) in [6.07, 6.45) is 9.26. The molecule has 1 saturated heterocycles. The first-order valence-electron chi connectivity index (χ1n) is 8.47. The Morgan fingerprint density at radius 1 is 1.36 bits per heavy atom. The number of ether oxygens (including phenoxy) is 1. The minimum Gasteiger partial charge on any atom is -0.377 e. The van der Waals surface area contributed by atoms with Crippen LogP contribution in [-0.2, 0) is 4.74 Å². The van der Waals surface area contributed by atoms with Gasteiger partial charge < -0.3 is 15.4 Å². The fraction of sp³-hybridized carbons (Fsp3) is 0.938. The zero-order chi connectivity index (χ0) is 14.7. The maximum atomic E-state index is 6.06. The first-order valence-corrected chi connectivity index (χ1v) is 9.86. The van der Waals surface area contributed by atoms with E-state index in [4.69, 9.17) is 9.73 Å². The Morgan fingerprint density at radius 3 is 2.82 bits per heavy atom. The fourth-order valence-corrected chi connectivity index (χ4v) is 4.89. The second-order valence-corrected chi connectivity index (χ2v) is 7.55. The van der Waals surface area contributed by atoms with Crippen LogP contribution in [0.3, 0.4) is 0 Å². The van der Waals surface area contributed by atoms with Crippen molar-refractivity contribution in [1.29, 1.82) is 0 Å². The molecule has 3 fully saturated rings. The van der Waals surface area contributed by atoms with Crippen molar-refractivity contribution in [2.24, 2.45) is 16.3 Å². The molecule has 128 valence electrons. The maximum Gasteiger partial charge on any atom is 0.191 e. The first kappa shape index (κ1) is 18.6. The largest absolute Gasteiger partial charge is 0.377 e. The first-order chi connectivity index (χ1) is 10.3. The number of nitrogens with one attached hydrogen (secondary N) is 2. The molecule has 3 rings (SSSR count). The Bertz CT molecular complexity index is 388. The molecule has 1 heterocycles. The molecule has 0 bridgehead atoms. The van der Waals surface area contributed by atoms with Gasteiger partial charge in [-0.25, -0.2) is 0 Å². The Morgan fingerprint density at radius 2 is 2.14 bits per heavy atom. The molecule has 0 radical (unpaired) electrons. The summed E-state index contributed by atoms with van der Waals surface area (Å²) < 4.78 is 6.06. The lowest BCUT2D eigenvalue weighted by atomic mass is 9.54. The van der Waals surface area contributed by atoms with Crippen molar-refractivity contribution in [2.45, 2.75) is 51.2 Å². The van der Waals surface area contributed by atoms with Gasteiger partial charge in [0, 0.05) is 36.3 Å². The number of rotatable bonds is 5. The van der Waals surface area contributed by atoms with E-state index in [0.29, 0.717) is 23.5 Å². The predicted octanol–water partition coefficient (Wildman–Crippen LogP) is 2.87. The van der Waals surface area contributed by atoms with Crippen LogP contribution in [0.5, 0.6) is 0 Å². The summed E-state index contributed by atoms with van der Waals surface area (Å²) in [5.74, 6) is 2.79.